The summed E-state index contributed by atoms with van der Waals surface area (Å²) in [5, 5.41) is 4.91. The molecule has 6 rings (SSSR count). The standard InChI is InChI=1S/C36H44N6O5S/c1-24-16-17-27-28(13-7-15-31(27)41-48(44,45)23-25-10-5-6-11-25)32(24)46-33-29(14-8-19-37-33)30-18-20-38-34(40-30)39-26-12-9-21-42(22-26)35(43)47-36(2,3)4/h7-8,13-20,25-26,41H,5-6,9-12,21-23H2,1-4H3,(H,38,39,40). The molecule has 0 bridgehead atoms. The van der Waals surface area contributed by atoms with E-state index in [0.717, 1.165) is 54.9 Å². The maximum atomic E-state index is 13.1. The number of ether oxygens (including phenoxy) is 2. The Bertz CT molecular complexity index is 1890. The number of aromatic nitrogens is 3. The number of fused-ring (bicyclic) bond motifs is 1. The third kappa shape index (κ3) is 8.15. The fourth-order valence-electron chi connectivity index (χ4n) is 6.47. The number of benzene rings is 2. The molecule has 254 valence electrons. The maximum Gasteiger partial charge on any atom is 0.410 e. The molecule has 1 unspecified atom stereocenters. The van der Waals surface area contributed by atoms with Crippen LogP contribution in [0, 0.1) is 12.8 Å². The molecule has 1 atom stereocenters. The van der Waals surface area contributed by atoms with Crippen LogP contribution in [0.3, 0.4) is 0 Å². The van der Waals surface area contributed by atoms with E-state index in [1.807, 2.05) is 64.1 Å². The van der Waals surface area contributed by atoms with Gasteiger partial charge in [-0.1, -0.05) is 37.1 Å². The Morgan fingerprint density at radius 2 is 1.77 bits per heavy atom. The summed E-state index contributed by atoms with van der Waals surface area (Å²) in [6.45, 7) is 8.67. The number of carbonyl (C=O) groups is 1. The van der Waals surface area contributed by atoms with Gasteiger partial charge in [0.1, 0.15) is 11.4 Å². The Labute approximate surface area is 282 Å². The van der Waals surface area contributed by atoms with Crippen molar-refractivity contribution in [3.05, 3.63) is 66.5 Å². The monoisotopic (exact) mass is 672 g/mol. The summed E-state index contributed by atoms with van der Waals surface area (Å²) in [7, 11) is -3.51. The zero-order chi connectivity index (χ0) is 33.9. The molecular formula is C36H44N6O5S. The van der Waals surface area contributed by atoms with Crippen molar-refractivity contribution in [3.63, 3.8) is 0 Å². The number of amides is 1. The summed E-state index contributed by atoms with van der Waals surface area (Å²) < 4.78 is 41.2. The van der Waals surface area contributed by atoms with Gasteiger partial charge in [0.15, 0.2) is 0 Å². The van der Waals surface area contributed by atoms with Crippen LogP contribution in [0.15, 0.2) is 60.9 Å². The number of rotatable bonds is 9. The predicted molar refractivity (Wildman–Crippen MR) is 188 cm³/mol. The van der Waals surface area contributed by atoms with Gasteiger partial charge in [-0.3, -0.25) is 4.72 Å². The lowest BCUT2D eigenvalue weighted by atomic mass is 10.0. The van der Waals surface area contributed by atoms with Crippen LogP contribution in [0.5, 0.6) is 11.6 Å². The Kier molecular flexibility index (Phi) is 9.73. The number of sulfonamides is 1. The van der Waals surface area contributed by atoms with E-state index in [2.05, 4.69) is 20.0 Å². The number of aryl methyl sites for hydroxylation is 1. The number of likely N-dealkylation sites (tertiary alicyclic amines) is 1. The van der Waals surface area contributed by atoms with E-state index in [1.165, 1.54) is 0 Å². The van der Waals surface area contributed by atoms with Crippen molar-refractivity contribution in [2.75, 3.05) is 28.9 Å². The van der Waals surface area contributed by atoms with Gasteiger partial charge in [-0.25, -0.2) is 28.2 Å². The molecule has 48 heavy (non-hydrogen) atoms. The highest BCUT2D eigenvalue weighted by Gasteiger charge is 2.28. The third-order valence-corrected chi connectivity index (χ3v) is 10.2. The van der Waals surface area contributed by atoms with E-state index >= 15 is 0 Å². The van der Waals surface area contributed by atoms with Crippen LogP contribution in [-0.4, -0.2) is 64.8 Å². The minimum absolute atomic E-state index is 0.0331. The molecule has 0 radical (unpaired) electrons. The minimum Gasteiger partial charge on any atom is -0.444 e. The predicted octanol–water partition coefficient (Wildman–Crippen LogP) is 7.54. The van der Waals surface area contributed by atoms with Gasteiger partial charge in [0.25, 0.3) is 0 Å². The largest absolute Gasteiger partial charge is 0.444 e. The van der Waals surface area contributed by atoms with E-state index in [4.69, 9.17) is 14.5 Å². The molecule has 1 saturated carbocycles. The van der Waals surface area contributed by atoms with Crippen molar-refractivity contribution in [3.8, 4) is 22.9 Å². The molecule has 0 spiro atoms. The van der Waals surface area contributed by atoms with Crippen LogP contribution in [0.1, 0.15) is 64.9 Å². The molecule has 3 heterocycles. The molecule has 1 saturated heterocycles. The average molecular weight is 673 g/mol. The number of hydrogen-bond acceptors (Lipinski definition) is 9. The molecular weight excluding hydrogens is 629 g/mol. The van der Waals surface area contributed by atoms with E-state index in [-0.39, 0.29) is 23.8 Å². The van der Waals surface area contributed by atoms with E-state index < -0.39 is 15.6 Å². The van der Waals surface area contributed by atoms with Gasteiger partial charge in [-0.2, -0.15) is 0 Å². The molecule has 1 amide bonds. The van der Waals surface area contributed by atoms with Crippen LogP contribution in [0.4, 0.5) is 16.4 Å². The van der Waals surface area contributed by atoms with Crippen molar-refractivity contribution >= 4 is 38.5 Å². The van der Waals surface area contributed by atoms with E-state index in [9.17, 15) is 13.2 Å². The second-order valence-corrected chi connectivity index (χ2v) is 15.5. The van der Waals surface area contributed by atoms with Gasteiger partial charge in [0, 0.05) is 42.3 Å². The average Bonchev–Trinajstić information content (AvgIpc) is 3.54. The topological polar surface area (TPSA) is 136 Å². The van der Waals surface area contributed by atoms with Gasteiger partial charge in [0.2, 0.25) is 21.9 Å². The third-order valence-electron chi connectivity index (χ3n) is 8.71. The second kappa shape index (κ2) is 14.0. The molecule has 2 aromatic carbocycles. The number of piperidine rings is 1. The Morgan fingerprint density at radius 3 is 2.56 bits per heavy atom. The Balaban J connectivity index is 1.23. The number of nitrogens with zero attached hydrogens (tertiary/aromatic N) is 4. The molecule has 12 heteroatoms. The first kappa shape index (κ1) is 33.5. The van der Waals surface area contributed by atoms with Crippen LogP contribution in [0.25, 0.3) is 22.0 Å². The summed E-state index contributed by atoms with van der Waals surface area (Å²) in [5.41, 5.74) is 2.13. The SMILES string of the molecule is Cc1ccc2c(NS(=O)(=O)CC3CCCC3)cccc2c1Oc1ncccc1-c1ccnc(NC2CCCN(C(=O)OC(C)(C)C)C2)n1. The quantitative estimate of drug-likeness (QED) is 0.185. The fourth-order valence-corrected chi connectivity index (χ4v) is 8.02. The molecule has 2 aromatic heterocycles. The van der Waals surface area contributed by atoms with Gasteiger partial charge in [-0.15, -0.1) is 0 Å². The van der Waals surface area contributed by atoms with E-state index in [0.29, 0.717) is 47.6 Å². The summed E-state index contributed by atoms with van der Waals surface area (Å²) in [5.74, 6) is 1.72. The first-order valence-corrected chi connectivity index (χ1v) is 18.3. The maximum absolute atomic E-state index is 13.1. The highest BCUT2D eigenvalue weighted by Crippen LogP contribution is 2.39. The lowest BCUT2D eigenvalue weighted by molar-refractivity contribution is 0.0206. The fraction of sp³-hybridized carbons (Fsp3) is 0.444. The van der Waals surface area contributed by atoms with Gasteiger partial charge < -0.3 is 19.7 Å². The first-order chi connectivity index (χ1) is 22.9. The lowest BCUT2D eigenvalue weighted by Gasteiger charge is -2.34. The number of carbonyl (C=O) groups excluding carboxylic acids is 1. The smallest absolute Gasteiger partial charge is 0.410 e. The highest BCUT2D eigenvalue weighted by molar-refractivity contribution is 7.92. The highest BCUT2D eigenvalue weighted by atomic mass is 32.2. The van der Waals surface area contributed by atoms with Crippen molar-refractivity contribution in [1.82, 2.24) is 19.9 Å². The van der Waals surface area contributed by atoms with Crippen molar-refractivity contribution < 1.29 is 22.7 Å². The molecule has 11 nitrogen and oxygen atoms in total. The van der Waals surface area contributed by atoms with Crippen molar-refractivity contribution in [2.24, 2.45) is 5.92 Å². The van der Waals surface area contributed by atoms with Crippen molar-refractivity contribution in [2.45, 2.75) is 77.9 Å². The zero-order valence-electron chi connectivity index (χ0n) is 28.0. The summed E-state index contributed by atoms with van der Waals surface area (Å²) in [6, 6.07) is 14.9. The number of pyridine rings is 1. The summed E-state index contributed by atoms with van der Waals surface area (Å²) in [6.07, 6.45) is 8.82. The van der Waals surface area contributed by atoms with Crippen LogP contribution >= 0.6 is 0 Å². The number of nitrogens with one attached hydrogen (secondary N) is 2. The minimum atomic E-state index is -3.51. The van der Waals surface area contributed by atoms with E-state index in [1.54, 1.807) is 29.4 Å². The van der Waals surface area contributed by atoms with Crippen LogP contribution in [-0.2, 0) is 14.8 Å². The molecule has 2 N–H and O–H groups in total. The van der Waals surface area contributed by atoms with Crippen LogP contribution in [0.2, 0.25) is 0 Å². The Morgan fingerprint density at radius 1 is 0.958 bits per heavy atom. The number of anilines is 2. The molecule has 2 fully saturated rings. The zero-order valence-corrected chi connectivity index (χ0v) is 28.8. The molecule has 2 aliphatic rings. The second-order valence-electron chi connectivity index (χ2n) is 13.8. The van der Waals surface area contributed by atoms with Crippen molar-refractivity contribution in [1.29, 1.82) is 0 Å². The summed E-state index contributed by atoms with van der Waals surface area (Å²) in [4.78, 5) is 28.2. The summed E-state index contributed by atoms with van der Waals surface area (Å²) >= 11 is 0. The Hall–Kier alpha value is -4.45. The lowest BCUT2D eigenvalue weighted by Crippen LogP contribution is -2.47. The van der Waals surface area contributed by atoms with Gasteiger partial charge in [0.05, 0.1) is 22.7 Å². The van der Waals surface area contributed by atoms with Gasteiger partial charge in [-0.05, 0) is 89.1 Å². The van der Waals surface area contributed by atoms with Gasteiger partial charge >= 0.3 is 6.09 Å². The van der Waals surface area contributed by atoms with Crippen LogP contribution < -0.4 is 14.8 Å². The number of hydrogen-bond donors (Lipinski definition) is 2. The normalized spacial score (nSPS) is 17.3. The first-order valence-electron chi connectivity index (χ1n) is 16.7. The molecule has 1 aliphatic heterocycles. The molecule has 1 aliphatic carbocycles. The molecule has 4 aromatic rings.